The maximum atomic E-state index is 10.9. The first-order chi connectivity index (χ1) is 29.5. The van der Waals surface area contributed by atoms with Gasteiger partial charge in [-0.3, -0.25) is 9.98 Å². The molecule has 2 N–H and O–H groups in total. The van der Waals surface area contributed by atoms with Gasteiger partial charge in [-0.2, -0.15) is 0 Å². The molecule has 0 saturated heterocycles. The van der Waals surface area contributed by atoms with Gasteiger partial charge in [0.15, 0.2) is 0 Å². The molecule has 0 fully saturated rings. The van der Waals surface area contributed by atoms with Gasteiger partial charge in [0, 0.05) is 45.5 Å². The van der Waals surface area contributed by atoms with Crippen molar-refractivity contribution in [2.45, 2.75) is 51.4 Å². The number of hydrogen-bond acceptors (Lipinski definition) is 6. The molecule has 0 spiro atoms. The second kappa shape index (κ2) is 24.8. The minimum atomic E-state index is -0.556. The fourth-order valence-corrected chi connectivity index (χ4v) is 6.43. The van der Waals surface area contributed by atoms with Crippen molar-refractivity contribution in [2.24, 2.45) is 9.98 Å². The van der Waals surface area contributed by atoms with Crippen LogP contribution in [0.15, 0.2) is 181 Å². The molecule has 6 aromatic carbocycles. The minimum absolute atomic E-state index is 0.259. The topological polar surface area (TPSA) is 83.6 Å². The van der Waals surface area contributed by atoms with E-state index in [-0.39, 0.29) is 22.3 Å². The van der Waals surface area contributed by atoms with Gasteiger partial charge >= 0.3 is 35.6 Å². The molecule has 314 valence electrons. The number of nitrogens with zero attached hydrogens (tertiary/aromatic N) is 2. The van der Waals surface area contributed by atoms with Gasteiger partial charge in [-0.15, -0.1) is 13.2 Å². The van der Waals surface area contributed by atoms with Crippen LogP contribution in [0.3, 0.4) is 0 Å². The third-order valence-corrected chi connectivity index (χ3v) is 10.0. The Hall–Kier alpha value is -5.37. The second-order valence-electron chi connectivity index (χ2n) is 14.9. The van der Waals surface area contributed by atoms with Crippen LogP contribution in [0.25, 0.3) is 0 Å². The Kier molecular flexibility index (Phi) is 19.6. The number of ether oxygens (including phenoxy) is 2. The summed E-state index contributed by atoms with van der Waals surface area (Å²) in [7, 11) is 9.78. The molecule has 0 bridgehead atoms. The number of aromatic hydroxyl groups is 2. The first-order valence-corrected chi connectivity index (χ1v) is 24.2. The normalized spacial score (nSPS) is 11.2. The number of para-hydroxylation sites is 2. The number of aliphatic imine (C=N–C) groups is 2. The summed E-state index contributed by atoms with van der Waals surface area (Å²) in [5.41, 5.74) is 6.39. The molecule has 0 heterocycles. The van der Waals surface area contributed by atoms with Gasteiger partial charge in [0.2, 0.25) is 0 Å². The van der Waals surface area contributed by atoms with Crippen LogP contribution in [-0.2, 0) is 27.9 Å². The summed E-state index contributed by atoms with van der Waals surface area (Å²) in [5, 5.41) is 21.8. The van der Waals surface area contributed by atoms with Crippen LogP contribution < -0.4 is 9.47 Å². The number of phenols is 2. The molecule has 0 saturated carbocycles. The molecule has 6 nitrogen and oxygen atoms in total. The summed E-state index contributed by atoms with van der Waals surface area (Å²) in [6, 6.07) is 47.1. The van der Waals surface area contributed by atoms with Crippen molar-refractivity contribution in [1.29, 1.82) is 0 Å². The zero-order chi connectivity index (χ0) is 44.1. The second-order valence-corrected chi connectivity index (χ2v) is 17.5. The first-order valence-electron chi connectivity index (χ1n) is 19.9. The molecule has 0 unspecified atom stereocenters. The number of benzene rings is 6. The van der Waals surface area contributed by atoms with E-state index in [1.165, 1.54) is 0 Å². The van der Waals surface area contributed by atoms with Gasteiger partial charge in [-0.05, 0) is 84.6 Å². The Morgan fingerprint density at radius 2 is 0.869 bits per heavy atom. The van der Waals surface area contributed by atoms with Crippen molar-refractivity contribution in [3.8, 4) is 23.0 Å². The van der Waals surface area contributed by atoms with Crippen molar-refractivity contribution in [3.05, 3.63) is 204 Å². The number of hydrogen-bond donors (Lipinski definition) is 2. The van der Waals surface area contributed by atoms with Crippen molar-refractivity contribution in [2.75, 3.05) is 13.2 Å². The van der Waals surface area contributed by atoms with Crippen LogP contribution in [0, 0.1) is 0 Å². The number of phenolic OH excluding ortho intramolecular Hbond substituents is 2. The fraction of sp³-hybridized carbons (Fsp3) is 0.192. The standard InChI is InChI=1S/2C26H27NO2.2ClH.Ti/c2*1-4-5-18-29-23-16-14-22(15-17-23)27-19-20-10-9-13-24(25(20)28)26(2,3)21-11-7-6-8-12-21;;;/h2*4,6-17,19,28H,1,5,18H2,2-3H3;2*1H;/q;;;;+2/p-2. The molecule has 9 heteroatoms. The van der Waals surface area contributed by atoms with E-state index in [1.54, 1.807) is 12.4 Å². The van der Waals surface area contributed by atoms with Gasteiger partial charge in [-0.25, -0.2) is 0 Å². The average molecular weight is 890 g/mol. The molecule has 6 aromatic rings. The molecule has 6 rings (SSSR count). The molecular formula is C52H54Cl2N2O4Ti. The van der Waals surface area contributed by atoms with Crippen LogP contribution in [0.1, 0.15) is 73.9 Å². The predicted molar refractivity (Wildman–Crippen MR) is 253 cm³/mol. The van der Waals surface area contributed by atoms with E-state index in [0.29, 0.717) is 24.3 Å². The Labute approximate surface area is 378 Å². The number of halogens is 2. The monoisotopic (exact) mass is 888 g/mol. The summed E-state index contributed by atoms with van der Waals surface area (Å²) < 4.78 is 11.2. The average Bonchev–Trinajstić information content (AvgIpc) is 3.28. The van der Waals surface area contributed by atoms with Gasteiger partial charge in [0.05, 0.1) is 24.6 Å². The van der Waals surface area contributed by atoms with E-state index in [0.717, 1.165) is 58.0 Å². The third kappa shape index (κ3) is 14.4. The van der Waals surface area contributed by atoms with E-state index >= 15 is 0 Å². The summed E-state index contributed by atoms with van der Waals surface area (Å²) in [6.45, 7) is 17.1. The molecular weight excluding hydrogens is 835 g/mol. The Bertz CT molecular complexity index is 2150. The fourth-order valence-electron chi connectivity index (χ4n) is 6.43. The van der Waals surface area contributed by atoms with E-state index in [4.69, 9.17) is 28.1 Å². The Morgan fingerprint density at radius 3 is 1.20 bits per heavy atom. The quantitative estimate of drug-likeness (QED) is 0.0439. The zero-order valence-electron chi connectivity index (χ0n) is 35.3. The molecule has 0 aliphatic heterocycles. The first kappa shape index (κ1) is 48.3. The molecule has 61 heavy (non-hydrogen) atoms. The van der Waals surface area contributed by atoms with Gasteiger partial charge in [0.1, 0.15) is 23.0 Å². The summed E-state index contributed by atoms with van der Waals surface area (Å²) >= 11 is -0.556. The van der Waals surface area contributed by atoms with Crippen LogP contribution >= 0.6 is 18.6 Å². The van der Waals surface area contributed by atoms with Crippen LogP contribution in [0.2, 0.25) is 0 Å². The summed E-state index contributed by atoms with van der Waals surface area (Å²) in [4.78, 5) is 9.03. The summed E-state index contributed by atoms with van der Waals surface area (Å²) in [6.07, 6.45) is 8.70. The Morgan fingerprint density at radius 1 is 0.525 bits per heavy atom. The number of rotatable bonds is 16. The molecule has 0 atom stereocenters. The van der Waals surface area contributed by atoms with E-state index in [9.17, 15) is 10.2 Å². The van der Waals surface area contributed by atoms with E-state index in [1.807, 2.05) is 133 Å². The molecule has 0 radical (unpaired) electrons. The van der Waals surface area contributed by atoms with Crippen molar-refractivity contribution in [3.63, 3.8) is 0 Å². The molecule has 0 aromatic heterocycles. The van der Waals surface area contributed by atoms with E-state index in [2.05, 4.69) is 75.1 Å². The van der Waals surface area contributed by atoms with Gasteiger partial charge in [0.25, 0.3) is 0 Å². The van der Waals surface area contributed by atoms with Gasteiger partial charge in [-0.1, -0.05) is 125 Å². The zero-order valence-corrected chi connectivity index (χ0v) is 38.3. The van der Waals surface area contributed by atoms with Crippen LogP contribution in [0.5, 0.6) is 23.0 Å². The molecule has 0 amide bonds. The molecule has 0 aliphatic carbocycles. The predicted octanol–water partition coefficient (Wildman–Crippen LogP) is 14.2. The SMILES string of the molecule is C=CCCOc1ccc(N=Cc2cccc(C(C)(C)c3ccccc3)c2O)cc1.C=CCCOc1ccc(N=Cc2cccc(C(C)(C)c3ccccc3)c2O)cc1.[Cl][Ti][Cl]. The van der Waals surface area contributed by atoms with Crippen molar-refractivity contribution in [1.82, 2.24) is 0 Å². The van der Waals surface area contributed by atoms with Crippen LogP contribution in [-0.4, -0.2) is 35.9 Å². The van der Waals surface area contributed by atoms with Crippen LogP contribution in [0.4, 0.5) is 11.4 Å². The summed E-state index contributed by atoms with van der Waals surface area (Å²) in [5.74, 6) is 2.13. The van der Waals surface area contributed by atoms with Gasteiger partial charge < -0.3 is 19.7 Å². The van der Waals surface area contributed by atoms with E-state index < -0.39 is 17.0 Å². The Balaban J connectivity index is 0.000000252. The third-order valence-electron chi connectivity index (χ3n) is 10.0. The molecule has 0 aliphatic rings. The van der Waals surface area contributed by atoms with Crippen molar-refractivity contribution < 1.29 is 36.7 Å². The van der Waals surface area contributed by atoms with Crippen molar-refractivity contribution >= 4 is 42.4 Å². The maximum absolute atomic E-state index is 10.9.